The van der Waals surface area contributed by atoms with Gasteiger partial charge in [0.05, 0.1) is 18.9 Å². The van der Waals surface area contributed by atoms with Gasteiger partial charge >= 0.3 is 17.9 Å². The summed E-state index contributed by atoms with van der Waals surface area (Å²) in [5.41, 5.74) is 6.21. The normalized spacial score (nSPS) is 14.9. The lowest BCUT2D eigenvalue weighted by Gasteiger charge is -2.28. The van der Waals surface area contributed by atoms with Crippen molar-refractivity contribution in [3.63, 3.8) is 0 Å². The molecular weight excluding hydrogens is 476 g/mol. The highest BCUT2D eigenvalue weighted by Crippen LogP contribution is 2.11. The smallest absolute Gasteiger partial charge is 0.326 e. The molecule has 5 unspecified atom stereocenters. The number of hydrogen-bond donors (Lipinski definition) is 7. The Kier molecular flexibility index (Phi) is 12.0. The van der Waals surface area contributed by atoms with Crippen molar-refractivity contribution in [1.29, 1.82) is 0 Å². The van der Waals surface area contributed by atoms with E-state index in [1.807, 2.05) is 0 Å². The van der Waals surface area contributed by atoms with Crippen molar-refractivity contribution in [3.05, 3.63) is 35.9 Å². The molecule has 36 heavy (non-hydrogen) atoms. The number of hydrogen-bond acceptors (Lipinski definition) is 7. The zero-order chi connectivity index (χ0) is 27.4. The quantitative estimate of drug-likeness (QED) is 0.154. The molecular formula is C23H32N4O9. The average molecular weight is 509 g/mol. The van der Waals surface area contributed by atoms with Crippen LogP contribution in [0.4, 0.5) is 0 Å². The standard InChI is InChI=1S/C23H32N4O9/c1-3-12(2)19(27-20(32)14(24)10-17(28)29)22(34)25-15(9-13-7-5-4-6-8-13)21(33)26-16(23(35)36)11-18(30)31/h4-8,12,14-16,19H,3,9-11,24H2,1-2H3,(H,25,34)(H,26,33)(H,27,32)(H,28,29)(H,30,31)(H,35,36). The van der Waals surface area contributed by atoms with E-state index in [-0.39, 0.29) is 6.42 Å². The van der Waals surface area contributed by atoms with E-state index in [1.54, 1.807) is 44.2 Å². The molecule has 13 heteroatoms. The molecule has 0 radical (unpaired) electrons. The number of nitrogens with two attached hydrogens (primary N) is 1. The van der Waals surface area contributed by atoms with E-state index in [9.17, 15) is 33.9 Å². The van der Waals surface area contributed by atoms with Crippen molar-refractivity contribution in [2.75, 3.05) is 0 Å². The summed E-state index contributed by atoms with van der Waals surface area (Å²) in [5.74, 6) is -7.31. The van der Waals surface area contributed by atoms with E-state index >= 15 is 0 Å². The summed E-state index contributed by atoms with van der Waals surface area (Å²) in [4.78, 5) is 71.7. The third-order valence-corrected chi connectivity index (χ3v) is 5.43. The van der Waals surface area contributed by atoms with Gasteiger partial charge in [-0.25, -0.2) is 4.79 Å². The number of aliphatic carboxylic acids is 3. The van der Waals surface area contributed by atoms with Gasteiger partial charge in [0.25, 0.3) is 0 Å². The number of carbonyl (C=O) groups excluding carboxylic acids is 3. The van der Waals surface area contributed by atoms with Gasteiger partial charge in [0.2, 0.25) is 17.7 Å². The maximum absolute atomic E-state index is 13.2. The Balaban J connectivity index is 3.16. The number of carbonyl (C=O) groups is 6. The fraction of sp³-hybridized carbons (Fsp3) is 0.478. The fourth-order valence-corrected chi connectivity index (χ4v) is 3.21. The van der Waals surface area contributed by atoms with Gasteiger partial charge in [-0.3, -0.25) is 24.0 Å². The minimum Gasteiger partial charge on any atom is -0.481 e. The van der Waals surface area contributed by atoms with Gasteiger partial charge in [0.1, 0.15) is 18.1 Å². The highest BCUT2D eigenvalue weighted by Gasteiger charge is 2.33. The number of rotatable bonds is 15. The van der Waals surface area contributed by atoms with Crippen LogP contribution < -0.4 is 21.7 Å². The molecule has 0 spiro atoms. The molecule has 198 valence electrons. The van der Waals surface area contributed by atoms with Gasteiger partial charge in [0, 0.05) is 6.42 Å². The SMILES string of the molecule is CCC(C)C(NC(=O)C(N)CC(=O)O)C(=O)NC(Cc1ccccc1)C(=O)NC(CC(=O)O)C(=O)O. The van der Waals surface area contributed by atoms with E-state index in [0.29, 0.717) is 12.0 Å². The highest BCUT2D eigenvalue weighted by molar-refractivity contribution is 5.95. The average Bonchev–Trinajstić information content (AvgIpc) is 2.80. The Morgan fingerprint density at radius 2 is 1.36 bits per heavy atom. The maximum Gasteiger partial charge on any atom is 0.326 e. The van der Waals surface area contributed by atoms with Crippen molar-refractivity contribution < 1.29 is 44.1 Å². The number of carboxylic acid groups (broad SMARTS) is 3. The first-order valence-electron chi connectivity index (χ1n) is 11.2. The first-order valence-corrected chi connectivity index (χ1v) is 11.2. The summed E-state index contributed by atoms with van der Waals surface area (Å²) in [6.07, 6.45) is -1.15. The van der Waals surface area contributed by atoms with Crippen LogP contribution in [0, 0.1) is 5.92 Å². The van der Waals surface area contributed by atoms with Crippen LogP contribution in [0.3, 0.4) is 0 Å². The maximum atomic E-state index is 13.2. The molecule has 0 aromatic heterocycles. The van der Waals surface area contributed by atoms with Crippen LogP contribution in [-0.2, 0) is 35.2 Å². The molecule has 13 nitrogen and oxygen atoms in total. The van der Waals surface area contributed by atoms with E-state index < -0.39 is 78.6 Å². The van der Waals surface area contributed by atoms with E-state index in [0.717, 1.165) is 0 Å². The number of benzene rings is 1. The number of amides is 3. The second-order valence-corrected chi connectivity index (χ2v) is 8.32. The molecule has 0 heterocycles. The molecule has 0 aliphatic heterocycles. The second-order valence-electron chi connectivity index (χ2n) is 8.32. The molecule has 0 bridgehead atoms. The topological polar surface area (TPSA) is 225 Å². The molecule has 1 rings (SSSR count). The summed E-state index contributed by atoms with van der Waals surface area (Å²) in [6, 6.07) is 2.86. The van der Waals surface area contributed by atoms with Crippen molar-refractivity contribution in [2.45, 2.75) is 63.7 Å². The zero-order valence-corrected chi connectivity index (χ0v) is 20.0. The molecule has 1 aromatic carbocycles. The van der Waals surface area contributed by atoms with Crippen LogP contribution in [0.2, 0.25) is 0 Å². The van der Waals surface area contributed by atoms with E-state index in [2.05, 4.69) is 16.0 Å². The Labute approximate surface area is 207 Å². The predicted molar refractivity (Wildman–Crippen MR) is 126 cm³/mol. The Morgan fingerprint density at radius 3 is 1.86 bits per heavy atom. The van der Waals surface area contributed by atoms with Crippen LogP contribution in [-0.4, -0.2) is 75.1 Å². The summed E-state index contributed by atoms with van der Waals surface area (Å²) in [5, 5.41) is 34.1. The van der Waals surface area contributed by atoms with Crippen LogP contribution in [0.15, 0.2) is 30.3 Å². The zero-order valence-electron chi connectivity index (χ0n) is 20.0. The molecule has 5 atom stereocenters. The lowest BCUT2D eigenvalue weighted by molar-refractivity contribution is -0.147. The molecule has 8 N–H and O–H groups in total. The van der Waals surface area contributed by atoms with Crippen LogP contribution in [0.5, 0.6) is 0 Å². The highest BCUT2D eigenvalue weighted by atomic mass is 16.4. The third-order valence-electron chi connectivity index (χ3n) is 5.43. The van der Waals surface area contributed by atoms with Gasteiger partial charge in [0.15, 0.2) is 0 Å². The second kappa shape index (κ2) is 14.4. The van der Waals surface area contributed by atoms with Gasteiger partial charge in [-0.1, -0.05) is 50.6 Å². The van der Waals surface area contributed by atoms with Crippen molar-refractivity contribution in [2.24, 2.45) is 11.7 Å². The summed E-state index contributed by atoms with van der Waals surface area (Å²) in [6.45, 7) is 3.42. The Hall–Kier alpha value is -4.00. The lowest BCUT2D eigenvalue weighted by Crippen LogP contribution is -2.59. The minimum absolute atomic E-state index is 0.0580. The number of nitrogens with one attached hydrogen (secondary N) is 3. The van der Waals surface area contributed by atoms with Crippen LogP contribution in [0.1, 0.15) is 38.7 Å². The molecule has 3 amide bonds. The van der Waals surface area contributed by atoms with Crippen molar-refractivity contribution in [3.8, 4) is 0 Å². The van der Waals surface area contributed by atoms with Gasteiger partial charge in [-0.15, -0.1) is 0 Å². The molecule has 0 aliphatic carbocycles. The Morgan fingerprint density at radius 1 is 0.806 bits per heavy atom. The Bertz CT molecular complexity index is 954. The molecule has 0 fully saturated rings. The van der Waals surface area contributed by atoms with Gasteiger partial charge in [-0.2, -0.15) is 0 Å². The summed E-state index contributed by atoms with van der Waals surface area (Å²) >= 11 is 0. The van der Waals surface area contributed by atoms with E-state index in [1.165, 1.54) is 0 Å². The van der Waals surface area contributed by atoms with Crippen LogP contribution >= 0.6 is 0 Å². The molecule has 1 aromatic rings. The molecule has 0 aliphatic rings. The minimum atomic E-state index is -1.73. The molecule has 0 saturated heterocycles. The first-order chi connectivity index (χ1) is 16.8. The van der Waals surface area contributed by atoms with Gasteiger partial charge in [-0.05, 0) is 11.5 Å². The first kappa shape index (κ1) is 30.0. The number of carboxylic acids is 3. The fourth-order valence-electron chi connectivity index (χ4n) is 3.21. The largest absolute Gasteiger partial charge is 0.481 e. The summed E-state index contributed by atoms with van der Waals surface area (Å²) < 4.78 is 0. The molecule has 0 saturated carbocycles. The predicted octanol–water partition coefficient (Wildman–Crippen LogP) is -0.909. The third kappa shape index (κ3) is 10.1. The monoisotopic (exact) mass is 508 g/mol. The van der Waals surface area contributed by atoms with Crippen molar-refractivity contribution in [1.82, 2.24) is 16.0 Å². The van der Waals surface area contributed by atoms with Gasteiger partial charge < -0.3 is 37.0 Å². The van der Waals surface area contributed by atoms with E-state index in [4.69, 9.17) is 15.9 Å². The lowest BCUT2D eigenvalue weighted by atomic mass is 9.96. The summed E-state index contributed by atoms with van der Waals surface area (Å²) in [7, 11) is 0. The van der Waals surface area contributed by atoms with Crippen LogP contribution in [0.25, 0.3) is 0 Å². The van der Waals surface area contributed by atoms with Crippen molar-refractivity contribution >= 4 is 35.6 Å².